The van der Waals surface area contributed by atoms with E-state index < -0.39 is 5.97 Å². The molecule has 1 fully saturated rings. The number of carbonyl (C=O) groups is 1. The molecule has 0 spiro atoms. The number of nitriles is 1. The van der Waals surface area contributed by atoms with Gasteiger partial charge in [-0.2, -0.15) is 5.26 Å². The summed E-state index contributed by atoms with van der Waals surface area (Å²) < 4.78 is 0. The smallest absolute Gasteiger partial charge is 0.335 e. The number of carboxylic acids is 1. The highest BCUT2D eigenvalue weighted by Crippen LogP contribution is 2.33. The molecule has 0 unspecified atom stereocenters. The minimum Gasteiger partial charge on any atom is -0.478 e. The third kappa shape index (κ3) is 4.39. The van der Waals surface area contributed by atoms with E-state index in [-0.39, 0.29) is 5.56 Å². The van der Waals surface area contributed by atoms with Crippen LogP contribution in [-0.4, -0.2) is 35.6 Å². The highest BCUT2D eigenvalue weighted by molar-refractivity contribution is 8.13. The fourth-order valence-electron chi connectivity index (χ4n) is 2.54. The van der Waals surface area contributed by atoms with E-state index in [1.165, 1.54) is 11.8 Å². The Morgan fingerprint density at radius 3 is 2.74 bits per heavy atom. The Hall–Kier alpha value is -2.20. The number of hydrogen-bond acceptors (Lipinski definition) is 5. The second-order valence-electron chi connectivity index (χ2n) is 5.54. The van der Waals surface area contributed by atoms with Gasteiger partial charge in [0.15, 0.2) is 11.4 Å². The molecule has 0 amide bonds. The minimum atomic E-state index is -0.987. The zero-order valence-electron chi connectivity index (χ0n) is 13.2. The molecule has 0 aromatic heterocycles. The highest BCUT2D eigenvalue weighted by atomic mass is 32.2. The van der Waals surface area contributed by atoms with Gasteiger partial charge in [-0.25, -0.2) is 9.79 Å². The van der Waals surface area contributed by atoms with E-state index in [1.54, 1.807) is 12.1 Å². The van der Waals surface area contributed by atoms with Crippen molar-refractivity contribution in [3.8, 4) is 6.19 Å². The minimum absolute atomic E-state index is 0.190. The molecule has 0 aliphatic carbocycles. The lowest BCUT2D eigenvalue weighted by molar-refractivity contribution is 0.0697. The Bertz CT molecular complexity index is 646. The fourth-order valence-corrected chi connectivity index (χ4v) is 2.88. The maximum absolute atomic E-state index is 11.2. The van der Waals surface area contributed by atoms with E-state index in [4.69, 9.17) is 5.26 Å². The number of hydrogen-bond donors (Lipinski definition) is 2. The average Bonchev–Trinajstić information content (AvgIpc) is 2.55. The Balaban J connectivity index is 2.41. The summed E-state index contributed by atoms with van der Waals surface area (Å²) in [5.41, 5.74) is 1.68. The number of aromatic carboxylic acids is 1. The van der Waals surface area contributed by atoms with Crippen molar-refractivity contribution < 1.29 is 9.90 Å². The lowest BCUT2D eigenvalue weighted by Gasteiger charge is -2.33. The van der Waals surface area contributed by atoms with E-state index in [1.807, 2.05) is 18.5 Å². The summed E-state index contributed by atoms with van der Waals surface area (Å²) >= 11 is 1.31. The van der Waals surface area contributed by atoms with Crippen LogP contribution < -0.4 is 10.2 Å². The van der Waals surface area contributed by atoms with Gasteiger partial charge in [0.05, 0.1) is 16.9 Å². The first-order valence-corrected chi connectivity index (χ1v) is 8.67. The molecule has 0 radical (unpaired) electrons. The van der Waals surface area contributed by atoms with Crippen molar-refractivity contribution in [3.05, 3.63) is 23.8 Å². The third-order valence-corrected chi connectivity index (χ3v) is 4.50. The van der Waals surface area contributed by atoms with Crippen LogP contribution in [0.1, 0.15) is 30.1 Å². The molecule has 1 aromatic carbocycles. The van der Waals surface area contributed by atoms with E-state index in [9.17, 15) is 9.90 Å². The Labute approximate surface area is 140 Å². The number of amidine groups is 1. The van der Waals surface area contributed by atoms with E-state index in [0.29, 0.717) is 16.8 Å². The van der Waals surface area contributed by atoms with Gasteiger partial charge in [0.25, 0.3) is 0 Å². The van der Waals surface area contributed by atoms with Crippen LogP contribution in [0.4, 0.5) is 11.4 Å². The molecule has 6 nitrogen and oxygen atoms in total. The average molecular weight is 332 g/mol. The van der Waals surface area contributed by atoms with Gasteiger partial charge in [-0.3, -0.25) is 5.32 Å². The van der Waals surface area contributed by atoms with Crippen molar-refractivity contribution in [3.63, 3.8) is 0 Å². The van der Waals surface area contributed by atoms with Gasteiger partial charge in [-0.05, 0) is 43.2 Å². The summed E-state index contributed by atoms with van der Waals surface area (Å²) in [6.45, 7) is 4.10. The third-order valence-electron chi connectivity index (χ3n) is 3.92. The molecule has 7 heteroatoms. The second-order valence-corrected chi connectivity index (χ2v) is 6.33. The summed E-state index contributed by atoms with van der Waals surface area (Å²) in [6, 6.07) is 4.97. The molecular formula is C16H20N4O2S. The fraction of sp³-hybridized carbons (Fsp3) is 0.438. The molecule has 23 heavy (non-hydrogen) atoms. The Morgan fingerprint density at radius 2 is 2.17 bits per heavy atom. The molecule has 2 N–H and O–H groups in total. The first-order chi connectivity index (χ1) is 11.0. The molecule has 0 bridgehead atoms. The summed E-state index contributed by atoms with van der Waals surface area (Å²) in [7, 11) is 0. The van der Waals surface area contributed by atoms with Crippen molar-refractivity contribution >= 4 is 34.3 Å². The van der Waals surface area contributed by atoms with Gasteiger partial charge in [0, 0.05) is 13.1 Å². The Morgan fingerprint density at radius 1 is 1.48 bits per heavy atom. The van der Waals surface area contributed by atoms with Gasteiger partial charge >= 0.3 is 5.97 Å². The molecule has 1 aliphatic rings. The van der Waals surface area contributed by atoms with Crippen LogP contribution in [0.2, 0.25) is 0 Å². The zero-order valence-corrected chi connectivity index (χ0v) is 14.1. The number of benzene rings is 1. The Kier molecular flexibility index (Phi) is 5.88. The van der Waals surface area contributed by atoms with Gasteiger partial charge in [0.2, 0.25) is 0 Å². The number of thioether (sulfide) groups is 1. The second kappa shape index (κ2) is 7.88. The largest absolute Gasteiger partial charge is 0.478 e. The van der Waals surface area contributed by atoms with Gasteiger partial charge in [0.1, 0.15) is 0 Å². The number of nitrogens with zero attached hydrogens (tertiary/aromatic N) is 3. The summed E-state index contributed by atoms with van der Waals surface area (Å²) in [4.78, 5) is 17.9. The number of rotatable bonds is 3. The van der Waals surface area contributed by atoms with Crippen LogP contribution in [-0.2, 0) is 0 Å². The summed E-state index contributed by atoms with van der Waals surface area (Å²) in [6.07, 6.45) is 5.88. The van der Waals surface area contributed by atoms with Crippen molar-refractivity contribution in [2.24, 2.45) is 10.9 Å². The molecule has 122 valence electrons. The highest BCUT2D eigenvalue weighted by Gasteiger charge is 2.19. The topological polar surface area (TPSA) is 88.7 Å². The van der Waals surface area contributed by atoms with Crippen molar-refractivity contribution in [2.75, 3.05) is 24.2 Å². The first kappa shape index (κ1) is 17.2. The number of nitrogens with one attached hydrogen (secondary N) is 1. The number of aliphatic imine (C=N–C) groups is 1. The molecule has 1 saturated heterocycles. The van der Waals surface area contributed by atoms with E-state index in [2.05, 4.69) is 22.1 Å². The van der Waals surface area contributed by atoms with Crippen LogP contribution in [0, 0.1) is 17.4 Å². The van der Waals surface area contributed by atoms with Crippen LogP contribution in [0.25, 0.3) is 0 Å². The summed E-state index contributed by atoms with van der Waals surface area (Å²) in [5, 5.41) is 20.9. The molecule has 1 aliphatic heterocycles. The van der Waals surface area contributed by atoms with Crippen LogP contribution in [0.5, 0.6) is 0 Å². The van der Waals surface area contributed by atoms with E-state index >= 15 is 0 Å². The molecule has 0 saturated carbocycles. The SMILES string of the molecule is CSC(=Nc1cc(C(=O)O)ccc1N1CCC(C)CC1)NC#N. The summed E-state index contributed by atoms with van der Waals surface area (Å²) in [5.74, 6) is -0.280. The monoisotopic (exact) mass is 332 g/mol. The maximum Gasteiger partial charge on any atom is 0.335 e. The zero-order chi connectivity index (χ0) is 16.8. The first-order valence-electron chi connectivity index (χ1n) is 7.45. The number of piperidine rings is 1. The molecule has 1 heterocycles. The number of carboxylic acid groups (broad SMARTS) is 1. The van der Waals surface area contributed by atoms with Crippen molar-refractivity contribution in [2.45, 2.75) is 19.8 Å². The van der Waals surface area contributed by atoms with Crippen LogP contribution in [0.3, 0.4) is 0 Å². The standard InChI is InChI=1S/C16H20N4O2S/c1-11-5-7-20(8-6-11)14-4-3-12(15(21)22)9-13(14)19-16(23-2)18-10-17/h3-4,9,11H,5-8H2,1-2H3,(H,18,19)(H,21,22). The number of anilines is 1. The van der Waals surface area contributed by atoms with Crippen LogP contribution >= 0.6 is 11.8 Å². The normalized spacial score (nSPS) is 16.0. The molecule has 0 atom stereocenters. The van der Waals surface area contributed by atoms with Gasteiger partial charge < -0.3 is 10.0 Å². The van der Waals surface area contributed by atoms with E-state index in [0.717, 1.165) is 31.6 Å². The van der Waals surface area contributed by atoms with Gasteiger partial charge in [-0.1, -0.05) is 18.7 Å². The predicted molar refractivity (Wildman–Crippen MR) is 93.4 cm³/mol. The van der Waals surface area contributed by atoms with Crippen molar-refractivity contribution in [1.82, 2.24) is 5.32 Å². The molecule has 2 rings (SSSR count). The van der Waals surface area contributed by atoms with Crippen molar-refractivity contribution in [1.29, 1.82) is 5.26 Å². The lowest BCUT2D eigenvalue weighted by Crippen LogP contribution is -2.32. The predicted octanol–water partition coefficient (Wildman–Crippen LogP) is 3.04. The van der Waals surface area contributed by atoms with Crippen LogP contribution in [0.15, 0.2) is 23.2 Å². The molecule has 1 aromatic rings. The maximum atomic E-state index is 11.2. The molecular weight excluding hydrogens is 312 g/mol. The lowest BCUT2D eigenvalue weighted by atomic mass is 9.98. The van der Waals surface area contributed by atoms with Gasteiger partial charge in [-0.15, -0.1) is 0 Å². The quantitative estimate of drug-likeness (QED) is 0.383.